The summed E-state index contributed by atoms with van der Waals surface area (Å²) in [5.74, 6) is 0. The fourth-order valence-corrected chi connectivity index (χ4v) is 0. The molecular weight excluding hydrogens is 119 g/mol. The molecule has 0 amide bonds. The molecule has 4 nitrogen and oxygen atoms in total. The fraction of sp³-hybridized carbons (Fsp3) is 0. The summed E-state index contributed by atoms with van der Waals surface area (Å²) in [6, 6.07) is 0. The summed E-state index contributed by atoms with van der Waals surface area (Å²) in [6.45, 7) is 0. The van der Waals surface area contributed by atoms with Crippen LogP contribution in [0.1, 0.15) is 0 Å². The number of nitrogens with two attached hydrogens (primary N) is 2. The van der Waals surface area contributed by atoms with Crippen molar-refractivity contribution in [3.63, 3.8) is 0 Å². The van der Waals surface area contributed by atoms with Crippen molar-refractivity contribution in [2.45, 2.75) is 0 Å². The van der Waals surface area contributed by atoms with Crippen molar-refractivity contribution >= 4 is 51.4 Å². The van der Waals surface area contributed by atoms with Gasteiger partial charge in [-0.1, -0.05) is 0 Å². The first-order chi connectivity index (χ1) is 2.83. The molecule has 0 aromatic rings. The Bertz CT molecular complexity index is 64.7. The molecule has 0 rings (SSSR count). The number of hydrogen-bond acceptors (Lipinski definition) is 4. The van der Waals surface area contributed by atoms with Gasteiger partial charge in [0.1, 0.15) is 0 Å². The molecule has 4 N–H and O–H groups in total. The summed E-state index contributed by atoms with van der Waals surface area (Å²) < 4.78 is 0. The van der Waals surface area contributed by atoms with Crippen molar-refractivity contribution in [2.24, 2.45) is 11.5 Å². The zero-order valence-corrected chi connectivity index (χ0v) is 3.05. The van der Waals surface area contributed by atoms with Crippen LogP contribution in [0.3, 0.4) is 0 Å². The third-order valence-corrected chi connectivity index (χ3v) is 0. The molecule has 0 aromatic carbocycles. The SMILES string of the molecule is N#CN.N#CN.[KH]. The zero-order chi connectivity index (χ0) is 5.41. The molecule has 0 spiro atoms. The van der Waals surface area contributed by atoms with Crippen LogP contribution in [0.5, 0.6) is 0 Å². The molecule has 0 saturated carbocycles. The van der Waals surface area contributed by atoms with E-state index in [0.29, 0.717) is 0 Å². The predicted octanol–water partition coefficient (Wildman–Crippen LogP) is -1.80. The zero-order valence-electron chi connectivity index (χ0n) is 3.05. The van der Waals surface area contributed by atoms with Crippen LogP contribution in [0.15, 0.2) is 0 Å². The Morgan fingerprint density at radius 3 is 1.00 bits per heavy atom. The van der Waals surface area contributed by atoms with E-state index in [9.17, 15) is 0 Å². The minimum atomic E-state index is 0. The van der Waals surface area contributed by atoms with Gasteiger partial charge in [0.2, 0.25) is 0 Å². The van der Waals surface area contributed by atoms with Crippen LogP contribution < -0.4 is 11.5 Å². The van der Waals surface area contributed by atoms with Crippen molar-refractivity contribution in [1.82, 2.24) is 0 Å². The molecule has 7 heavy (non-hydrogen) atoms. The normalized spacial score (nSPS) is 2.00. The minimum absolute atomic E-state index is 0. The maximum atomic E-state index is 7.10. The Morgan fingerprint density at radius 1 is 1.00 bits per heavy atom. The average molecular weight is 124 g/mol. The summed E-state index contributed by atoms with van der Waals surface area (Å²) in [4.78, 5) is 0. The van der Waals surface area contributed by atoms with Gasteiger partial charge in [-0.2, -0.15) is 10.5 Å². The molecule has 0 bridgehead atoms. The molecule has 0 aliphatic rings. The molecule has 0 atom stereocenters. The van der Waals surface area contributed by atoms with E-state index in [1.165, 1.54) is 12.4 Å². The van der Waals surface area contributed by atoms with Crippen molar-refractivity contribution < 1.29 is 0 Å². The first-order valence-electron chi connectivity index (χ1n) is 1.02. The van der Waals surface area contributed by atoms with Crippen LogP contribution in [-0.4, -0.2) is 51.4 Å². The van der Waals surface area contributed by atoms with E-state index in [2.05, 4.69) is 11.5 Å². The van der Waals surface area contributed by atoms with Gasteiger partial charge in [-0.25, -0.2) is 0 Å². The summed E-state index contributed by atoms with van der Waals surface area (Å²) >= 11 is 0. The van der Waals surface area contributed by atoms with Gasteiger partial charge < -0.3 is 11.5 Å². The average Bonchev–Trinajstić information content (AvgIpc) is 1.39. The Hall–Kier alpha value is 0.216. The number of hydrogen-bond donors (Lipinski definition) is 2. The predicted molar refractivity (Wildman–Crippen MR) is 26.7 cm³/mol. The third kappa shape index (κ3) is 2360. The second kappa shape index (κ2) is 34.4. The van der Waals surface area contributed by atoms with Gasteiger partial charge in [0.15, 0.2) is 12.4 Å². The van der Waals surface area contributed by atoms with Gasteiger partial charge >= 0.3 is 51.4 Å². The molecule has 0 aliphatic carbocycles. The van der Waals surface area contributed by atoms with Crippen LogP contribution in [0.4, 0.5) is 0 Å². The van der Waals surface area contributed by atoms with Crippen molar-refractivity contribution in [3.8, 4) is 12.4 Å². The fourth-order valence-electron chi connectivity index (χ4n) is 0. The number of nitrogens with zero attached hydrogens (tertiary/aromatic N) is 2. The van der Waals surface area contributed by atoms with Gasteiger partial charge in [0.05, 0.1) is 0 Å². The van der Waals surface area contributed by atoms with Gasteiger partial charge in [-0.05, 0) is 0 Å². The molecule has 0 fully saturated rings. The first kappa shape index (κ1) is 15.7. The first-order valence-corrected chi connectivity index (χ1v) is 1.02. The summed E-state index contributed by atoms with van der Waals surface area (Å²) in [5.41, 5.74) is 8.31. The van der Waals surface area contributed by atoms with E-state index in [4.69, 9.17) is 10.5 Å². The second-order valence-corrected chi connectivity index (χ2v) is 0.258. The van der Waals surface area contributed by atoms with Crippen molar-refractivity contribution in [3.05, 3.63) is 0 Å². The van der Waals surface area contributed by atoms with Gasteiger partial charge in [0.25, 0.3) is 0 Å². The van der Waals surface area contributed by atoms with Gasteiger partial charge in [-0.15, -0.1) is 0 Å². The molecular formula is C2H5KN4. The van der Waals surface area contributed by atoms with Crippen molar-refractivity contribution in [1.29, 1.82) is 10.5 Å². The molecule has 0 unspecified atom stereocenters. The standard InChI is InChI=1S/2CH2N2.K.H/c2*2-1-3;;/h2*2H2;;. The topological polar surface area (TPSA) is 99.6 Å². The van der Waals surface area contributed by atoms with Crippen LogP contribution in [-0.2, 0) is 0 Å². The molecule has 0 radical (unpaired) electrons. The van der Waals surface area contributed by atoms with E-state index < -0.39 is 0 Å². The number of rotatable bonds is 0. The van der Waals surface area contributed by atoms with E-state index in [-0.39, 0.29) is 51.4 Å². The van der Waals surface area contributed by atoms with Crippen LogP contribution in [0.2, 0.25) is 0 Å². The monoisotopic (exact) mass is 124 g/mol. The molecule has 0 saturated heterocycles. The number of nitriles is 2. The molecule has 0 aromatic heterocycles. The molecule has 5 heteroatoms. The van der Waals surface area contributed by atoms with Crippen LogP contribution in [0.25, 0.3) is 0 Å². The Balaban J connectivity index is -0.0000000400. The van der Waals surface area contributed by atoms with Gasteiger partial charge in [0, 0.05) is 0 Å². The van der Waals surface area contributed by atoms with E-state index >= 15 is 0 Å². The summed E-state index contributed by atoms with van der Waals surface area (Å²) in [7, 11) is 0. The van der Waals surface area contributed by atoms with E-state index in [0.717, 1.165) is 0 Å². The van der Waals surface area contributed by atoms with Gasteiger partial charge in [-0.3, -0.25) is 0 Å². The van der Waals surface area contributed by atoms with Crippen LogP contribution in [0, 0.1) is 22.9 Å². The quantitative estimate of drug-likeness (QED) is 0.226. The van der Waals surface area contributed by atoms with E-state index in [1.54, 1.807) is 0 Å². The Kier molecular flexibility index (Phi) is 77.2. The maximum absolute atomic E-state index is 7.10. The second-order valence-electron chi connectivity index (χ2n) is 0.258. The third-order valence-electron chi connectivity index (χ3n) is 0. The Labute approximate surface area is 84.5 Å². The van der Waals surface area contributed by atoms with Crippen molar-refractivity contribution in [2.75, 3.05) is 0 Å². The molecule has 34 valence electrons. The Morgan fingerprint density at radius 2 is 1.00 bits per heavy atom. The molecule has 0 heterocycles. The summed E-state index contributed by atoms with van der Waals surface area (Å²) in [5, 5.41) is 14.2. The van der Waals surface area contributed by atoms with E-state index in [1.807, 2.05) is 0 Å². The summed E-state index contributed by atoms with van der Waals surface area (Å²) in [6.07, 6.45) is 2.50. The van der Waals surface area contributed by atoms with Crippen LogP contribution >= 0.6 is 0 Å². The molecule has 0 aliphatic heterocycles.